The molecular weight excluding hydrogens is 226 g/mol. The molecule has 0 atom stereocenters. The predicted octanol–water partition coefficient (Wildman–Crippen LogP) is 1.65. The Hall–Kier alpha value is -1.55. The number of aromatic nitrogens is 2. The van der Waals surface area contributed by atoms with Gasteiger partial charge < -0.3 is 10.5 Å². The van der Waals surface area contributed by atoms with Crippen LogP contribution in [0.4, 0.5) is 0 Å². The Balaban J connectivity index is 1.99. The lowest BCUT2D eigenvalue weighted by Gasteiger charge is -2.04. The van der Waals surface area contributed by atoms with E-state index in [1.807, 2.05) is 16.8 Å². The van der Waals surface area contributed by atoms with Gasteiger partial charge in [-0.1, -0.05) is 0 Å². The molecule has 94 valence electrons. The Labute approximate surface area is 106 Å². The second kappa shape index (κ2) is 3.72. The van der Waals surface area contributed by atoms with Crippen molar-refractivity contribution in [1.29, 1.82) is 0 Å². The van der Waals surface area contributed by atoms with Crippen molar-refractivity contribution >= 4 is 5.52 Å². The minimum absolute atomic E-state index is 0.671. The van der Waals surface area contributed by atoms with E-state index in [0.29, 0.717) is 12.5 Å². The number of nitrogens with zero attached hydrogens (tertiary/aromatic N) is 2. The summed E-state index contributed by atoms with van der Waals surface area (Å²) >= 11 is 0. The summed E-state index contributed by atoms with van der Waals surface area (Å²) < 4.78 is 7.69. The van der Waals surface area contributed by atoms with Crippen molar-refractivity contribution in [2.75, 3.05) is 13.2 Å². The highest BCUT2D eigenvalue weighted by atomic mass is 16.5. The van der Waals surface area contributed by atoms with Crippen molar-refractivity contribution in [2.24, 2.45) is 5.73 Å². The highest BCUT2D eigenvalue weighted by molar-refractivity contribution is 5.68. The summed E-state index contributed by atoms with van der Waals surface area (Å²) in [6, 6.07) is 2.03. The monoisotopic (exact) mass is 243 g/mol. The molecule has 1 saturated carbocycles. The Kier molecular flexibility index (Phi) is 2.14. The van der Waals surface area contributed by atoms with Crippen LogP contribution in [0.2, 0.25) is 0 Å². The highest BCUT2D eigenvalue weighted by Crippen LogP contribution is 2.43. The smallest absolute Gasteiger partial charge is 0.126 e. The minimum Gasteiger partial charge on any atom is -0.493 e. The predicted molar refractivity (Wildman–Crippen MR) is 69.1 cm³/mol. The quantitative estimate of drug-likeness (QED) is 0.891. The van der Waals surface area contributed by atoms with Crippen LogP contribution in [0, 0.1) is 0 Å². The first kappa shape index (κ1) is 10.4. The van der Waals surface area contributed by atoms with Crippen LogP contribution in [0.1, 0.15) is 35.6 Å². The van der Waals surface area contributed by atoms with Gasteiger partial charge >= 0.3 is 0 Å². The van der Waals surface area contributed by atoms with Crippen molar-refractivity contribution in [3.63, 3.8) is 0 Å². The van der Waals surface area contributed by atoms with E-state index < -0.39 is 0 Å². The Morgan fingerprint density at radius 3 is 3.11 bits per heavy atom. The van der Waals surface area contributed by atoms with Crippen molar-refractivity contribution in [3.8, 4) is 5.75 Å². The molecule has 0 unspecified atom stereocenters. The summed E-state index contributed by atoms with van der Waals surface area (Å²) in [5.74, 6) is 1.70. The molecule has 0 amide bonds. The third kappa shape index (κ3) is 1.38. The van der Waals surface area contributed by atoms with Crippen molar-refractivity contribution < 1.29 is 4.74 Å². The van der Waals surface area contributed by atoms with E-state index in [2.05, 4.69) is 0 Å². The maximum Gasteiger partial charge on any atom is 0.126 e. The van der Waals surface area contributed by atoms with Gasteiger partial charge in [0.15, 0.2) is 0 Å². The summed E-state index contributed by atoms with van der Waals surface area (Å²) in [7, 11) is 0. The average molecular weight is 243 g/mol. The number of hydrogen-bond donors (Lipinski definition) is 1. The van der Waals surface area contributed by atoms with Crippen molar-refractivity contribution in [2.45, 2.75) is 31.6 Å². The Bertz CT molecular complexity index is 613. The number of ether oxygens (including phenoxy) is 1. The van der Waals surface area contributed by atoms with Gasteiger partial charge in [0.25, 0.3) is 0 Å². The molecule has 3 heterocycles. The maximum atomic E-state index is 5.78. The molecule has 0 saturated heterocycles. The van der Waals surface area contributed by atoms with Gasteiger partial charge in [-0.3, -0.25) is 0 Å². The van der Waals surface area contributed by atoms with Gasteiger partial charge in [-0.05, 0) is 31.9 Å². The molecule has 4 heteroatoms. The van der Waals surface area contributed by atoms with Gasteiger partial charge in [0.2, 0.25) is 0 Å². The molecule has 2 N–H and O–H groups in total. The lowest BCUT2D eigenvalue weighted by Crippen LogP contribution is -2.04. The summed E-state index contributed by atoms with van der Waals surface area (Å²) in [6.07, 6.45) is 6.49. The number of nitrogens with two attached hydrogens (primary N) is 1. The van der Waals surface area contributed by atoms with Crippen LogP contribution < -0.4 is 10.5 Å². The summed E-state index contributed by atoms with van der Waals surface area (Å²) in [5, 5.41) is 4.78. The zero-order chi connectivity index (χ0) is 12.1. The number of hydrogen-bond acceptors (Lipinski definition) is 3. The van der Waals surface area contributed by atoms with Crippen LogP contribution in [0.5, 0.6) is 5.75 Å². The molecule has 18 heavy (non-hydrogen) atoms. The number of pyridine rings is 1. The van der Waals surface area contributed by atoms with E-state index in [0.717, 1.165) is 25.2 Å². The van der Waals surface area contributed by atoms with Crippen LogP contribution in [0.15, 0.2) is 12.3 Å². The number of fused-ring (bicyclic) bond motifs is 3. The van der Waals surface area contributed by atoms with E-state index in [1.165, 1.54) is 35.2 Å². The normalized spacial score (nSPS) is 18.1. The molecule has 0 aromatic carbocycles. The van der Waals surface area contributed by atoms with Crippen LogP contribution in [-0.4, -0.2) is 22.8 Å². The first-order valence-electron chi connectivity index (χ1n) is 6.74. The second-order valence-corrected chi connectivity index (χ2v) is 5.23. The zero-order valence-corrected chi connectivity index (χ0v) is 10.4. The molecule has 0 radical (unpaired) electrons. The molecule has 2 aromatic rings. The van der Waals surface area contributed by atoms with Gasteiger partial charge in [0, 0.05) is 29.7 Å². The Morgan fingerprint density at radius 2 is 2.33 bits per heavy atom. The fraction of sp³-hybridized carbons (Fsp3) is 0.500. The van der Waals surface area contributed by atoms with Gasteiger partial charge in [0.05, 0.1) is 17.8 Å². The van der Waals surface area contributed by atoms with Gasteiger partial charge in [-0.2, -0.15) is 5.10 Å². The summed E-state index contributed by atoms with van der Waals surface area (Å²) in [6.45, 7) is 1.48. The first-order chi connectivity index (χ1) is 8.88. The third-order valence-corrected chi connectivity index (χ3v) is 3.96. The first-order valence-corrected chi connectivity index (χ1v) is 6.74. The van der Waals surface area contributed by atoms with E-state index in [4.69, 9.17) is 15.6 Å². The lowest BCUT2D eigenvalue weighted by molar-refractivity contribution is 0.356. The second-order valence-electron chi connectivity index (χ2n) is 5.23. The van der Waals surface area contributed by atoms with Crippen LogP contribution >= 0.6 is 0 Å². The fourth-order valence-corrected chi connectivity index (χ4v) is 2.99. The lowest BCUT2D eigenvalue weighted by atomic mass is 10.0. The summed E-state index contributed by atoms with van der Waals surface area (Å²) in [5.41, 5.74) is 11.0. The summed E-state index contributed by atoms with van der Waals surface area (Å²) in [4.78, 5) is 0. The minimum atomic E-state index is 0.671. The standard InChI is InChI=1S/C14H17N3O/c15-6-3-11-13(9-1-2-9)16-17-7-4-12-10(14(11)17)5-8-18-12/h4,7,9H,1-3,5-6,8,15H2. The van der Waals surface area contributed by atoms with Crippen molar-refractivity contribution in [3.05, 3.63) is 29.1 Å². The third-order valence-electron chi connectivity index (χ3n) is 3.96. The van der Waals surface area contributed by atoms with Gasteiger partial charge in [0.1, 0.15) is 5.75 Å². The molecular formula is C14H17N3O. The fourth-order valence-electron chi connectivity index (χ4n) is 2.99. The molecule has 2 aliphatic rings. The molecule has 0 bridgehead atoms. The molecule has 1 aliphatic carbocycles. The molecule has 4 rings (SSSR count). The van der Waals surface area contributed by atoms with E-state index in [-0.39, 0.29) is 0 Å². The largest absolute Gasteiger partial charge is 0.493 e. The topological polar surface area (TPSA) is 52.5 Å². The zero-order valence-electron chi connectivity index (χ0n) is 10.4. The molecule has 1 aliphatic heterocycles. The van der Waals surface area contributed by atoms with Crippen molar-refractivity contribution in [1.82, 2.24) is 9.61 Å². The average Bonchev–Trinajstić information content (AvgIpc) is 2.99. The molecule has 1 fully saturated rings. The molecule has 4 nitrogen and oxygen atoms in total. The van der Waals surface area contributed by atoms with E-state index in [9.17, 15) is 0 Å². The maximum absolute atomic E-state index is 5.78. The van der Waals surface area contributed by atoms with E-state index in [1.54, 1.807) is 0 Å². The highest BCUT2D eigenvalue weighted by Gasteiger charge is 2.31. The molecule has 0 spiro atoms. The van der Waals surface area contributed by atoms with Gasteiger partial charge in [-0.15, -0.1) is 0 Å². The SMILES string of the molecule is NCCc1c(C2CC2)nn2ccc3c(c12)CCO3. The van der Waals surface area contributed by atoms with E-state index >= 15 is 0 Å². The number of rotatable bonds is 3. The van der Waals surface area contributed by atoms with Crippen LogP contribution in [-0.2, 0) is 12.8 Å². The Morgan fingerprint density at radius 1 is 1.44 bits per heavy atom. The molecule has 2 aromatic heterocycles. The van der Waals surface area contributed by atoms with Gasteiger partial charge in [-0.25, -0.2) is 4.52 Å². The van der Waals surface area contributed by atoms with Crippen LogP contribution in [0.25, 0.3) is 5.52 Å². The van der Waals surface area contributed by atoms with Crippen LogP contribution in [0.3, 0.4) is 0 Å².